The Morgan fingerprint density at radius 2 is 2.06 bits per heavy atom. The fraction of sp³-hybridized carbons (Fsp3) is 0.571. The molecule has 1 nitrogen and oxygen atoms in total. The molecular formula is C14H20ClN. The number of likely N-dealkylation sites (N-methyl/N-ethyl adjacent to an activating group) is 1. The van der Waals surface area contributed by atoms with Gasteiger partial charge in [0.15, 0.2) is 0 Å². The Labute approximate surface area is 103 Å². The molecule has 1 saturated carbocycles. The number of hydrogen-bond donors (Lipinski definition) is 1. The molecule has 2 rings (SSSR count). The standard InChI is InChI=1S/C14H20ClN/c1-3-11-8-14(9-11,10-16-2)12-6-4-5-7-13(12)15/h4-7,11,16H,3,8-10H2,1-2H3. The molecule has 0 saturated heterocycles. The monoisotopic (exact) mass is 237 g/mol. The molecule has 1 N–H and O–H groups in total. The number of halogens is 1. The van der Waals surface area contributed by atoms with Gasteiger partial charge in [-0.05, 0) is 37.4 Å². The molecule has 16 heavy (non-hydrogen) atoms. The van der Waals surface area contributed by atoms with Crippen molar-refractivity contribution in [3.63, 3.8) is 0 Å². The molecule has 88 valence electrons. The number of benzene rings is 1. The average Bonchev–Trinajstić information content (AvgIpc) is 2.24. The van der Waals surface area contributed by atoms with Crippen LogP contribution in [0.4, 0.5) is 0 Å². The van der Waals surface area contributed by atoms with Crippen LogP contribution in [0.15, 0.2) is 24.3 Å². The Hall–Kier alpha value is -0.530. The first-order valence-corrected chi connectivity index (χ1v) is 6.49. The Balaban J connectivity index is 2.24. The van der Waals surface area contributed by atoms with Crippen molar-refractivity contribution in [1.29, 1.82) is 0 Å². The van der Waals surface area contributed by atoms with Gasteiger partial charge < -0.3 is 5.32 Å². The molecule has 0 spiro atoms. The Morgan fingerprint density at radius 1 is 1.38 bits per heavy atom. The lowest BCUT2D eigenvalue weighted by atomic mass is 9.58. The minimum atomic E-state index is 0.285. The van der Waals surface area contributed by atoms with Crippen molar-refractivity contribution in [2.75, 3.05) is 13.6 Å². The summed E-state index contributed by atoms with van der Waals surface area (Å²) in [7, 11) is 2.03. The lowest BCUT2D eigenvalue weighted by molar-refractivity contribution is 0.136. The lowest BCUT2D eigenvalue weighted by Crippen LogP contribution is -2.47. The average molecular weight is 238 g/mol. The first-order valence-electron chi connectivity index (χ1n) is 6.11. The smallest absolute Gasteiger partial charge is 0.0444 e. The fourth-order valence-corrected chi connectivity index (χ4v) is 3.36. The first-order chi connectivity index (χ1) is 7.72. The van der Waals surface area contributed by atoms with E-state index in [-0.39, 0.29) is 5.41 Å². The van der Waals surface area contributed by atoms with Crippen molar-refractivity contribution >= 4 is 11.6 Å². The van der Waals surface area contributed by atoms with Crippen molar-refractivity contribution in [2.24, 2.45) is 5.92 Å². The van der Waals surface area contributed by atoms with Crippen LogP contribution in [-0.2, 0) is 5.41 Å². The van der Waals surface area contributed by atoms with Gasteiger partial charge in [0.1, 0.15) is 0 Å². The maximum atomic E-state index is 6.32. The van der Waals surface area contributed by atoms with Gasteiger partial charge in [-0.15, -0.1) is 0 Å². The summed E-state index contributed by atoms with van der Waals surface area (Å²) >= 11 is 6.32. The second kappa shape index (κ2) is 4.77. The highest BCUT2D eigenvalue weighted by molar-refractivity contribution is 6.31. The molecular weight excluding hydrogens is 218 g/mol. The quantitative estimate of drug-likeness (QED) is 0.844. The molecule has 0 atom stereocenters. The van der Waals surface area contributed by atoms with Gasteiger partial charge in [0.2, 0.25) is 0 Å². The molecule has 0 aromatic heterocycles. The maximum absolute atomic E-state index is 6.32. The van der Waals surface area contributed by atoms with Crippen molar-refractivity contribution in [2.45, 2.75) is 31.6 Å². The maximum Gasteiger partial charge on any atom is 0.0444 e. The van der Waals surface area contributed by atoms with Gasteiger partial charge in [-0.1, -0.05) is 43.1 Å². The SMILES string of the molecule is CCC1CC(CNC)(c2ccccc2Cl)C1. The van der Waals surface area contributed by atoms with Crippen molar-refractivity contribution in [1.82, 2.24) is 5.32 Å². The van der Waals surface area contributed by atoms with Crippen LogP contribution in [0.5, 0.6) is 0 Å². The minimum absolute atomic E-state index is 0.285. The molecule has 1 aromatic carbocycles. The second-order valence-electron chi connectivity index (χ2n) is 4.97. The molecule has 0 aliphatic heterocycles. The molecule has 0 amide bonds. The third-order valence-corrected chi connectivity index (χ3v) is 4.23. The van der Waals surface area contributed by atoms with Crippen LogP contribution in [0.1, 0.15) is 31.7 Å². The van der Waals surface area contributed by atoms with Gasteiger partial charge in [-0.3, -0.25) is 0 Å². The van der Waals surface area contributed by atoms with Crippen LogP contribution in [0.3, 0.4) is 0 Å². The van der Waals surface area contributed by atoms with E-state index in [0.717, 1.165) is 17.5 Å². The third-order valence-electron chi connectivity index (χ3n) is 3.90. The number of rotatable bonds is 4. The van der Waals surface area contributed by atoms with Crippen LogP contribution >= 0.6 is 11.6 Å². The van der Waals surface area contributed by atoms with Crippen LogP contribution in [0, 0.1) is 5.92 Å². The summed E-state index contributed by atoms with van der Waals surface area (Å²) < 4.78 is 0. The van der Waals surface area contributed by atoms with E-state index in [2.05, 4.69) is 24.4 Å². The van der Waals surface area contributed by atoms with Gasteiger partial charge in [0.05, 0.1) is 0 Å². The first kappa shape index (κ1) is 11.9. The zero-order chi connectivity index (χ0) is 11.6. The Kier molecular flexibility index (Phi) is 3.56. The Bertz CT molecular complexity index is 356. The molecule has 0 radical (unpaired) electrons. The predicted molar refractivity (Wildman–Crippen MR) is 70.1 cm³/mol. The van der Waals surface area contributed by atoms with Crippen molar-refractivity contribution < 1.29 is 0 Å². The van der Waals surface area contributed by atoms with E-state index < -0.39 is 0 Å². The minimum Gasteiger partial charge on any atom is -0.319 e. The summed E-state index contributed by atoms with van der Waals surface area (Å²) in [6, 6.07) is 8.30. The van der Waals surface area contributed by atoms with Gasteiger partial charge in [0.25, 0.3) is 0 Å². The van der Waals surface area contributed by atoms with Crippen LogP contribution in [-0.4, -0.2) is 13.6 Å². The summed E-state index contributed by atoms with van der Waals surface area (Å²) in [5, 5.41) is 4.25. The third kappa shape index (κ3) is 1.99. The molecule has 1 aromatic rings. The van der Waals surface area contributed by atoms with Crippen LogP contribution in [0.2, 0.25) is 5.02 Å². The van der Waals surface area contributed by atoms with Gasteiger partial charge in [-0.25, -0.2) is 0 Å². The van der Waals surface area contributed by atoms with E-state index in [1.54, 1.807) is 0 Å². The molecule has 0 bridgehead atoms. The Morgan fingerprint density at radius 3 is 2.62 bits per heavy atom. The largest absolute Gasteiger partial charge is 0.319 e. The van der Waals surface area contributed by atoms with Crippen molar-refractivity contribution in [3.05, 3.63) is 34.9 Å². The highest BCUT2D eigenvalue weighted by Crippen LogP contribution is 2.50. The molecule has 0 unspecified atom stereocenters. The van der Waals surface area contributed by atoms with Crippen LogP contribution in [0.25, 0.3) is 0 Å². The molecule has 2 heteroatoms. The molecule has 1 aliphatic carbocycles. The highest BCUT2D eigenvalue weighted by atomic mass is 35.5. The number of nitrogens with one attached hydrogen (secondary N) is 1. The van der Waals surface area contributed by atoms with E-state index in [4.69, 9.17) is 11.6 Å². The van der Waals surface area contributed by atoms with E-state index >= 15 is 0 Å². The normalized spacial score (nSPS) is 28.8. The van der Waals surface area contributed by atoms with Gasteiger partial charge in [0, 0.05) is 17.0 Å². The topological polar surface area (TPSA) is 12.0 Å². The zero-order valence-electron chi connectivity index (χ0n) is 10.1. The molecule has 0 heterocycles. The second-order valence-corrected chi connectivity index (χ2v) is 5.38. The summed E-state index contributed by atoms with van der Waals surface area (Å²) in [4.78, 5) is 0. The van der Waals surface area contributed by atoms with E-state index in [9.17, 15) is 0 Å². The number of hydrogen-bond acceptors (Lipinski definition) is 1. The summed E-state index contributed by atoms with van der Waals surface area (Å²) in [6.45, 7) is 3.31. The zero-order valence-corrected chi connectivity index (χ0v) is 10.8. The summed E-state index contributed by atoms with van der Waals surface area (Å²) in [6.07, 6.45) is 3.83. The van der Waals surface area contributed by atoms with Gasteiger partial charge in [-0.2, -0.15) is 0 Å². The van der Waals surface area contributed by atoms with E-state index in [0.29, 0.717) is 0 Å². The van der Waals surface area contributed by atoms with Crippen LogP contribution < -0.4 is 5.32 Å². The lowest BCUT2D eigenvalue weighted by Gasteiger charge is -2.48. The fourth-order valence-electron chi connectivity index (χ4n) is 3.02. The van der Waals surface area contributed by atoms with E-state index in [1.807, 2.05) is 19.2 Å². The van der Waals surface area contributed by atoms with Crippen molar-refractivity contribution in [3.8, 4) is 0 Å². The highest BCUT2D eigenvalue weighted by Gasteiger charge is 2.44. The predicted octanol–water partition coefficient (Wildman–Crippen LogP) is 3.62. The summed E-state index contributed by atoms with van der Waals surface area (Å²) in [5.74, 6) is 0.879. The van der Waals surface area contributed by atoms with Gasteiger partial charge >= 0.3 is 0 Å². The summed E-state index contributed by atoms with van der Waals surface area (Å²) in [5.41, 5.74) is 1.61. The molecule has 1 fully saturated rings. The van der Waals surface area contributed by atoms with E-state index in [1.165, 1.54) is 24.8 Å². The molecule has 1 aliphatic rings.